The van der Waals surface area contributed by atoms with Gasteiger partial charge < -0.3 is 19.9 Å². The summed E-state index contributed by atoms with van der Waals surface area (Å²) in [6, 6.07) is 7.19. The molecule has 2 atom stereocenters. The number of imidazole rings is 1. The van der Waals surface area contributed by atoms with Crippen LogP contribution in [-0.2, 0) is 11.3 Å². The van der Waals surface area contributed by atoms with Gasteiger partial charge in [0.25, 0.3) is 0 Å². The van der Waals surface area contributed by atoms with Crippen molar-refractivity contribution in [2.45, 2.75) is 38.9 Å². The summed E-state index contributed by atoms with van der Waals surface area (Å²) in [7, 11) is 1.66. The number of hydrogen-bond acceptors (Lipinski definition) is 5. The Hall–Kier alpha value is -1.99. The van der Waals surface area contributed by atoms with Gasteiger partial charge in [0, 0.05) is 30.6 Å². The van der Waals surface area contributed by atoms with Crippen LogP contribution in [0.5, 0.6) is 5.75 Å². The molecule has 0 saturated heterocycles. The van der Waals surface area contributed by atoms with Gasteiger partial charge in [-0.15, -0.1) is 0 Å². The van der Waals surface area contributed by atoms with Crippen molar-refractivity contribution in [3.05, 3.63) is 36.3 Å². The highest BCUT2D eigenvalue weighted by molar-refractivity contribution is 7.80. The largest absolute Gasteiger partial charge is 0.496 e. The summed E-state index contributed by atoms with van der Waals surface area (Å²) in [4.78, 5) is 19.6. The van der Waals surface area contributed by atoms with E-state index in [4.69, 9.17) is 15.5 Å². The Morgan fingerprint density at radius 2 is 2.11 bits per heavy atom. The first kappa shape index (κ1) is 19.8. The molecule has 1 aliphatic rings. The fraction of sp³-hybridized carbons (Fsp3) is 0.500. The van der Waals surface area contributed by atoms with Gasteiger partial charge in [0.05, 0.1) is 24.9 Å². The lowest BCUT2D eigenvalue weighted by Gasteiger charge is -2.38. The number of carbonyl (C=O) groups excluding carboxylic acids is 1. The Morgan fingerprint density at radius 3 is 2.78 bits per heavy atom. The first-order chi connectivity index (χ1) is 13.0. The number of benzene rings is 1. The second-order valence-corrected chi connectivity index (χ2v) is 7.71. The van der Waals surface area contributed by atoms with Crippen molar-refractivity contribution in [3.63, 3.8) is 0 Å². The normalized spacial score (nSPS) is 17.7. The third-order valence-electron chi connectivity index (χ3n) is 4.94. The minimum atomic E-state index is -0.585. The Bertz CT molecular complexity index is 805. The van der Waals surface area contributed by atoms with Gasteiger partial charge in [-0.3, -0.25) is 4.79 Å². The average molecular weight is 389 g/mol. The zero-order chi connectivity index (χ0) is 19.6. The van der Waals surface area contributed by atoms with Crippen LogP contribution in [0.1, 0.15) is 32.1 Å². The molecule has 1 aromatic heterocycles. The molecule has 1 aliphatic heterocycles. The van der Waals surface area contributed by atoms with Crippen molar-refractivity contribution in [2.24, 2.45) is 11.7 Å². The van der Waals surface area contributed by atoms with Crippen molar-refractivity contribution < 1.29 is 9.53 Å². The molecule has 146 valence electrons. The number of ether oxygens (including phenoxy) is 1. The third-order valence-corrected chi connectivity index (χ3v) is 5.33. The summed E-state index contributed by atoms with van der Waals surface area (Å²) in [6.07, 6.45) is 2.90. The van der Waals surface area contributed by atoms with Gasteiger partial charge in [-0.1, -0.05) is 26.0 Å². The third kappa shape index (κ3) is 3.99. The molecule has 0 saturated carbocycles. The highest BCUT2D eigenvalue weighted by Gasteiger charge is 2.35. The molecule has 0 bridgehead atoms. The van der Waals surface area contributed by atoms with E-state index in [0.29, 0.717) is 24.8 Å². The monoisotopic (exact) mass is 388 g/mol. The molecule has 7 heteroatoms. The van der Waals surface area contributed by atoms with Crippen LogP contribution >= 0.6 is 12.6 Å². The van der Waals surface area contributed by atoms with Crippen molar-refractivity contribution in [1.82, 2.24) is 14.5 Å². The maximum atomic E-state index is 12.8. The van der Waals surface area contributed by atoms with Crippen molar-refractivity contribution >= 4 is 18.5 Å². The van der Waals surface area contributed by atoms with Crippen LogP contribution in [0.3, 0.4) is 0 Å². The van der Waals surface area contributed by atoms with Gasteiger partial charge in [0.2, 0.25) is 5.91 Å². The molecule has 27 heavy (non-hydrogen) atoms. The first-order valence-electron chi connectivity index (χ1n) is 9.33. The molecule has 2 aromatic rings. The molecule has 0 unspecified atom stereocenters. The zero-order valence-corrected chi connectivity index (χ0v) is 17.0. The van der Waals surface area contributed by atoms with Gasteiger partial charge in [-0.2, -0.15) is 12.6 Å². The second kappa shape index (κ2) is 8.35. The Kier molecular flexibility index (Phi) is 6.11. The topological polar surface area (TPSA) is 73.4 Å². The van der Waals surface area contributed by atoms with Gasteiger partial charge in [0.1, 0.15) is 11.6 Å². The molecule has 1 aromatic carbocycles. The van der Waals surface area contributed by atoms with E-state index in [0.717, 1.165) is 29.3 Å². The zero-order valence-electron chi connectivity index (χ0n) is 16.1. The predicted molar refractivity (Wildman–Crippen MR) is 110 cm³/mol. The number of rotatable bonds is 6. The van der Waals surface area contributed by atoms with E-state index < -0.39 is 6.04 Å². The van der Waals surface area contributed by atoms with E-state index in [1.807, 2.05) is 29.2 Å². The molecule has 1 amide bonds. The van der Waals surface area contributed by atoms with Crippen molar-refractivity contribution in [2.75, 3.05) is 19.4 Å². The summed E-state index contributed by atoms with van der Waals surface area (Å²) in [6.45, 7) is 5.65. The number of para-hydroxylation sites is 1. The lowest BCUT2D eigenvalue weighted by molar-refractivity contribution is -0.136. The molecule has 0 aliphatic carbocycles. The smallest absolute Gasteiger partial charge is 0.241 e. The maximum absolute atomic E-state index is 12.8. The summed E-state index contributed by atoms with van der Waals surface area (Å²) >= 11 is 4.20. The van der Waals surface area contributed by atoms with E-state index in [1.54, 1.807) is 7.11 Å². The molecule has 2 N–H and O–H groups in total. The van der Waals surface area contributed by atoms with Gasteiger partial charge in [-0.25, -0.2) is 4.98 Å². The Morgan fingerprint density at radius 1 is 1.37 bits per heavy atom. The van der Waals surface area contributed by atoms with Crippen LogP contribution in [0.25, 0.3) is 11.3 Å². The number of aromatic nitrogens is 2. The van der Waals surface area contributed by atoms with E-state index >= 15 is 0 Å². The highest BCUT2D eigenvalue weighted by Crippen LogP contribution is 2.35. The lowest BCUT2D eigenvalue weighted by Crippen LogP contribution is -2.50. The number of methoxy groups -OCH3 is 1. The van der Waals surface area contributed by atoms with E-state index in [1.165, 1.54) is 0 Å². The van der Waals surface area contributed by atoms with Crippen LogP contribution in [0.2, 0.25) is 0 Å². The fourth-order valence-electron chi connectivity index (χ4n) is 3.61. The van der Waals surface area contributed by atoms with Gasteiger partial charge >= 0.3 is 0 Å². The SMILES string of the molecule is COc1ccccc1-c1cn2c(n1)[C@H](CC(C)C)N(C(=O)[C@@H](N)CS)CC2. The maximum Gasteiger partial charge on any atom is 0.241 e. The van der Waals surface area contributed by atoms with Crippen molar-refractivity contribution in [1.29, 1.82) is 0 Å². The quantitative estimate of drug-likeness (QED) is 0.747. The summed E-state index contributed by atoms with van der Waals surface area (Å²) in [5.74, 6) is 2.41. The average Bonchev–Trinajstić information content (AvgIpc) is 3.11. The number of hydrogen-bond donors (Lipinski definition) is 2. The highest BCUT2D eigenvalue weighted by atomic mass is 32.1. The molecular formula is C20H28N4O2S. The van der Waals surface area contributed by atoms with Crippen molar-refractivity contribution in [3.8, 4) is 17.0 Å². The number of amides is 1. The van der Waals surface area contributed by atoms with Crippen LogP contribution in [-0.4, -0.2) is 45.8 Å². The standard InChI is InChI=1S/C20H28N4O2S/c1-13(2)10-17-19-22-16(14-6-4-5-7-18(14)26-3)11-23(19)8-9-24(17)20(25)15(21)12-27/h4-7,11,13,15,17,27H,8-10,12,21H2,1-3H3/t15-,17-/m0/s1. The van der Waals surface area contributed by atoms with E-state index in [-0.39, 0.29) is 11.9 Å². The lowest BCUT2D eigenvalue weighted by atomic mass is 9.99. The van der Waals surface area contributed by atoms with Crippen LogP contribution in [0.15, 0.2) is 30.5 Å². The van der Waals surface area contributed by atoms with Crippen LogP contribution in [0.4, 0.5) is 0 Å². The number of nitrogens with zero attached hydrogens (tertiary/aromatic N) is 3. The molecular weight excluding hydrogens is 360 g/mol. The van der Waals surface area contributed by atoms with Crippen LogP contribution < -0.4 is 10.5 Å². The molecule has 6 nitrogen and oxygen atoms in total. The Balaban J connectivity index is 2.00. The Labute approximate surface area is 166 Å². The van der Waals surface area contributed by atoms with Gasteiger partial charge in [-0.05, 0) is 24.5 Å². The number of carbonyl (C=O) groups is 1. The molecule has 0 radical (unpaired) electrons. The fourth-order valence-corrected chi connectivity index (χ4v) is 3.76. The minimum Gasteiger partial charge on any atom is -0.496 e. The number of thiol groups is 1. The molecule has 0 fully saturated rings. The molecule has 3 rings (SSSR count). The van der Waals surface area contributed by atoms with Crippen LogP contribution in [0, 0.1) is 5.92 Å². The summed E-state index contributed by atoms with van der Waals surface area (Å²) < 4.78 is 7.65. The predicted octanol–water partition coefficient (Wildman–Crippen LogP) is 2.75. The molecule has 2 heterocycles. The molecule has 0 spiro atoms. The van der Waals surface area contributed by atoms with E-state index in [2.05, 4.69) is 37.2 Å². The first-order valence-corrected chi connectivity index (χ1v) is 9.96. The number of fused-ring (bicyclic) bond motifs is 1. The van der Waals surface area contributed by atoms with Gasteiger partial charge in [0.15, 0.2) is 0 Å². The van der Waals surface area contributed by atoms with E-state index in [9.17, 15) is 4.79 Å². The number of nitrogens with two attached hydrogens (primary N) is 1. The minimum absolute atomic E-state index is 0.0521. The summed E-state index contributed by atoms with van der Waals surface area (Å²) in [5.41, 5.74) is 7.80. The second-order valence-electron chi connectivity index (χ2n) is 7.34. The summed E-state index contributed by atoms with van der Waals surface area (Å²) in [5, 5.41) is 0.